The minimum atomic E-state index is -1.00. The molecule has 2 heterocycles. The largest absolute Gasteiger partial charge is 0.370 e. The maximum atomic E-state index is 12.4. The summed E-state index contributed by atoms with van der Waals surface area (Å²) in [6.45, 7) is 0. The number of aliphatic imine (C=N–C) groups is 1. The molecule has 4 nitrogen and oxygen atoms in total. The molecule has 1 aliphatic rings. The fraction of sp³-hybridized carbons (Fsp3) is 0.143. The second-order valence-electron chi connectivity index (χ2n) is 4.57. The first-order valence-corrected chi connectivity index (χ1v) is 7.31. The van der Waals surface area contributed by atoms with Gasteiger partial charge in [0, 0.05) is 16.3 Å². The van der Waals surface area contributed by atoms with Crippen LogP contribution in [0.4, 0.5) is 0 Å². The molecule has 3 rings (SSSR count). The van der Waals surface area contributed by atoms with E-state index >= 15 is 0 Å². The van der Waals surface area contributed by atoms with Gasteiger partial charge in [0.2, 0.25) is 0 Å². The number of carbonyl (C=O) groups excluding carboxylic acids is 1. The molecule has 0 spiro atoms. The van der Waals surface area contributed by atoms with Gasteiger partial charge in [-0.25, -0.2) is 4.99 Å². The topological polar surface area (TPSA) is 67.5 Å². The van der Waals surface area contributed by atoms with Crippen molar-refractivity contribution in [3.63, 3.8) is 0 Å². The van der Waals surface area contributed by atoms with Gasteiger partial charge in [0.15, 0.2) is 11.5 Å². The summed E-state index contributed by atoms with van der Waals surface area (Å²) in [4.78, 5) is 17.8. The third-order valence-corrected chi connectivity index (χ3v) is 4.39. The Hall–Kier alpha value is -1.85. The molecule has 0 unspecified atom stereocenters. The van der Waals surface area contributed by atoms with E-state index in [0.29, 0.717) is 11.4 Å². The fourth-order valence-electron chi connectivity index (χ4n) is 2.31. The van der Waals surface area contributed by atoms with Crippen molar-refractivity contribution in [2.24, 2.45) is 10.7 Å². The van der Waals surface area contributed by atoms with E-state index in [1.807, 2.05) is 29.6 Å². The van der Waals surface area contributed by atoms with Crippen LogP contribution in [0.5, 0.6) is 0 Å². The average Bonchev–Trinajstić information content (AvgIpc) is 3.00. The van der Waals surface area contributed by atoms with E-state index in [1.165, 1.54) is 0 Å². The lowest BCUT2D eigenvalue weighted by atomic mass is 9.86. The molecule has 1 amide bonds. The zero-order valence-corrected chi connectivity index (χ0v) is 12.0. The number of thiophene rings is 1. The van der Waals surface area contributed by atoms with Crippen LogP contribution < -0.4 is 11.1 Å². The van der Waals surface area contributed by atoms with Crippen molar-refractivity contribution in [3.05, 3.63) is 57.2 Å². The molecule has 1 aromatic heterocycles. The van der Waals surface area contributed by atoms with E-state index in [-0.39, 0.29) is 11.9 Å². The Morgan fingerprint density at radius 1 is 1.30 bits per heavy atom. The molecule has 1 aliphatic heterocycles. The maximum absolute atomic E-state index is 12.4. The van der Waals surface area contributed by atoms with Gasteiger partial charge in [-0.3, -0.25) is 10.1 Å². The number of halogens is 1. The van der Waals surface area contributed by atoms with Crippen LogP contribution in [-0.4, -0.2) is 11.9 Å². The SMILES string of the molecule is NC1=N[C@@](Cc2cccs2)(c2ccc(Cl)cc2)C(=O)N1. The van der Waals surface area contributed by atoms with Gasteiger partial charge in [0.25, 0.3) is 5.91 Å². The van der Waals surface area contributed by atoms with Crippen LogP contribution in [0.15, 0.2) is 46.8 Å². The molecule has 0 aliphatic carbocycles. The Kier molecular flexibility index (Phi) is 3.23. The predicted octanol–water partition coefficient (Wildman–Crippen LogP) is 2.28. The maximum Gasteiger partial charge on any atom is 0.259 e. The Bertz CT molecular complexity index is 666. The molecular formula is C14H12ClN3OS. The number of rotatable bonds is 3. The van der Waals surface area contributed by atoms with Gasteiger partial charge in [-0.05, 0) is 29.1 Å². The molecular weight excluding hydrogens is 294 g/mol. The van der Waals surface area contributed by atoms with Gasteiger partial charge >= 0.3 is 0 Å². The van der Waals surface area contributed by atoms with Crippen LogP contribution in [0.1, 0.15) is 10.4 Å². The molecule has 0 radical (unpaired) electrons. The quantitative estimate of drug-likeness (QED) is 0.913. The summed E-state index contributed by atoms with van der Waals surface area (Å²) in [5.41, 5.74) is 5.48. The minimum Gasteiger partial charge on any atom is -0.370 e. The smallest absolute Gasteiger partial charge is 0.259 e. The highest BCUT2D eigenvalue weighted by Gasteiger charge is 2.45. The molecule has 0 fully saturated rings. The summed E-state index contributed by atoms with van der Waals surface area (Å²) >= 11 is 7.51. The first kappa shape index (κ1) is 13.1. The standard InChI is InChI=1S/C14H12ClN3OS/c15-10-5-3-9(4-6-10)14(8-11-2-1-7-20-11)12(19)17-13(16)18-14/h1-7H,8H2,(H3,16,17,18,19)/t14-/m0/s1. The summed E-state index contributed by atoms with van der Waals surface area (Å²) < 4.78 is 0. The van der Waals surface area contributed by atoms with Crippen LogP contribution in [0.2, 0.25) is 5.02 Å². The Balaban J connectivity index is 2.08. The zero-order valence-electron chi connectivity index (χ0n) is 10.5. The van der Waals surface area contributed by atoms with Crippen molar-refractivity contribution >= 4 is 34.8 Å². The number of amides is 1. The molecule has 6 heteroatoms. The molecule has 0 saturated carbocycles. The van der Waals surface area contributed by atoms with Gasteiger partial charge in [-0.15, -0.1) is 11.3 Å². The Morgan fingerprint density at radius 2 is 2.05 bits per heavy atom. The number of carbonyl (C=O) groups is 1. The van der Waals surface area contributed by atoms with Crippen LogP contribution in [0, 0.1) is 0 Å². The van der Waals surface area contributed by atoms with Gasteiger partial charge in [-0.2, -0.15) is 0 Å². The number of guanidine groups is 1. The highest BCUT2D eigenvalue weighted by atomic mass is 35.5. The first-order valence-electron chi connectivity index (χ1n) is 6.05. The normalized spacial score (nSPS) is 21.6. The van der Waals surface area contributed by atoms with E-state index in [2.05, 4.69) is 10.3 Å². The fourth-order valence-corrected chi connectivity index (χ4v) is 3.22. The van der Waals surface area contributed by atoms with E-state index in [1.54, 1.807) is 23.5 Å². The molecule has 1 atom stereocenters. The lowest BCUT2D eigenvalue weighted by Gasteiger charge is -2.23. The average molecular weight is 306 g/mol. The van der Waals surface area contributed by atoms with E-state index in [0.717, 1.165) is 10.4 Å². The third kappa shape index (κ3) is 2.19. The van der Waals surface area contributed by atoms with Gasteiger partial charge in [0.05, 0.1) is 0 Å². The molecule has 1 aromatic carbocycles. The van der Waals surface area contributed by atoms with Crippen molar-refractivity contribution in [3.8, 4) is 0 Å². The molecule has 3 N–H and O–H groups in total. The van der Waals surface area contributed by atoms with Crippen molar-refractivity contribution in [2.75, 3.05) is 0 Å². The molecule has 0 bridgehead atoms. The second-order valence-corrected chi connectivity index (χ2v) is 6.04. The first-order chi connectivity index (χ1) is 9.60. The molecule has 20 heavy (non-hydrogen) atoms. The van der Waals surface area contributed by atoms with E-state index in [9.17, 15) is 4.79 Å². The summed E-state index contributed by atoms with van der Waals surface area (Å²) in [5.74, 6) is -0.0489. The molecule has 102 valence electrons. The molecule has 2 aromatic rings. The minimum absolute atomic E-state index is 0.154. The van der Waals surface area contributed by atoms with Crippen LogP contribution in [0.3, 0.4) is 0 Å². The highest BCUT2D eigenvalue weighted by Crippen LogP contribution is 2.35. The monoisotopic (exact) mass is 305 g/mol. The number of nitrogens with zero attached hydrogens (tertiary/aromatic N) is 1. The van der Waals surface area contributed by atoms with E-state index in [4.69, 9.17) is 17.3 Å². The van der Waals surface area contributed by atoms with Crippen molar-refractivity contribution in [1.29, 1.82) is 0 Å². The number of hydrogen-bond donors (Lipinski definition) is 2. The van der Waals surface area contributed by atoms with E-state index < -0.39 is 5.54 Å². The Labute approximate surface area is 125 Å². The summed E-state index contributed by atoms with van der Waals surface area (Å²) in [6.07, 6.45) is 0.485. The van der Waals surface area contributed by atoms with Crippen molar-refractivity contribution in [1.82, 2.24) is 5.32 Å². The van der Waals surface area contributed by atoms with Gasteiger partial charge in [0.1, 0.15) is 0 Å². The molecule has 0 saturated heterocycles. The predicted molar refractivity (Wildman–Crippen MR) is 80.9 cm³/mol. The van der Waals surface area contributed by atoms with Crippen molar-refractivity contribution in [2.45, 2.75) is 12.0 Å². The lowest BCUT2D eigenvalue weighted by molar-refractivity contribution is -0.124. The van der Waals surface area contributed by atoms with Gasteiger partial charge in [-0.1, -0.05) is 29.8 Å². The van der Waals surface area contributed by atoms with Crippen molar-refractivity contribution < 1.29 is 4.79 Å². The second kappa shape index (κ2) is 4.92. The summed E-state index contributed by atoms with van der Waals surface area (Å²) in [6, 6.07) is 11.1. The lowest BCUT2D eigenvalue weighted by Crippen LogP contribution is -2.40. The summed E-state index contributed by atoms with van der Waals surface area (Å²) in [7, 11) is 0. The Morgan fingerprint density at radius 3 is 2.60 bits per heavy atom. The van der Waals surface area contributed by atoms with Crippen LogP contribution in [-0.2, 0) is 16.8 Å². The zero-order chi connectivity index (χ0) is 14.2. The number of nitrogens with two attached hydrogens (primary N) is 1. The highest BCUT2D eigenvalue weighted by molar-refractivity contribution is 7.09. The van der Waals surface area contributed by atoms with Gasteiger partial charge < -0.3 is 5.73 Å². The third-order valence-electron chi connectivity index (χ3n) is 3.26. The number of hydrogen-bond acceptors (Lipinski definition) is 4. The van der Waals surface area contributed by atoms with Crippen LogP contribution >= 0.6 is 22.9 Å². The number of nitrogens with one attached hydrogen (secondary N) is 1. The van der Waals surface area contributed by atoms with Crippen LogP contribution in [0.25, 0.3) is 0 Å². The number of benzene rings is 1. The summed E-state index contributed by atoms with van der Waals surface area (Å²) in [5, 5.41) is 5.19.